The number of aliphatic imine (C=N–C) groups is 1. The lowest BCUT2D eigenvalue weighted by Crippen LogP contribution is -2.27. The van der Waals surface area contributed by atoms with E-state index in [4.69, 9.17) is 17.3 Å². The largest absolute Gasteiger partial charge is 0.508 e. The van der Waals surface area contributed by atoms with E-state index in [1.807, 2.05) is 37.4 Å². The number of hydrogen-bond acceptors (Lipinski definition) is 3. The summed E-state index contributed by atoms with van der Waals surface area (Å²) in [5.74, 6) is 0.488. The highest BCUT2D eigenvalue weighted by atomic mass is 35.5. The van der Waals surface area contributed by atoms with Gasteiger partial charge in [-0.2, -0.15) is 5.10 Å². The van der Waals surface area contributed by atoms with E-state index in [9.17, 15) is 5.11 Å². The van der Waals surface area contributed by atoms with Crippen molar-refractivity contribution in [3.63, 3.8) is 0 Å². The molecular weight excluding hydrogens is 362 g/mol. The van der Waals surface area contributed by atoms with Gasteiger partial charge in [0.2, 0.25) is 5.96 Å². The number of aromatic amines is 1. The number of phenolic OH excluding ortho intramolecular Hbond substituents is 1. The average molecular weight is 384 g/mol. The molecule has 0 aliphatic rings. The second-order valence-corrected chi connectivity index (χ2v) is 6.57. The molecule has 0 saturated carbocycles. The fourth-order valence-corrected chi connectivity index (χ4v) is 2.98. The van der Waals surface area contributed by atoms with E-state index >= 15 is 0 Å². The average Bonchev–Trinajstić information content (AvgIpc) is 3.05. The Bertz CT molecular complexity index is 976. The maximum Gasteiger partial charge on any atom is 0.209 e. The topological polar surface area (TPSA) is 98.8 Å². The molecule has 0 fully saturated rings. The standard InChI is InChI=1S/C20H22ClN5O/c1-2-14-9-17(27)10-18-15(11-24-19(14)18)12-25-26-20(22)23-8-7-13-3-5-16(21)6-4-13/h3-6,9-12,24,27H,2,7-8H2,1H3,(H3,22,23,26). The van der Waals surface area contributed by atoms with Crippen molar-refractivity contribution in [2.75, 3.05) is 6.54 Å². The zero-order valence-electron chi connectivity index (χ0n) is 15.0. The number of H-pyrrole nitrogens is 1. The van der Waals surface area contributed by atoms with Gasteiger partial charge in [-0.15, -0.1) is 0 Å². The van der Waals surface area contributed by atoms with Gasteiger partial charge in [0, 0.05) is 34.2 Å². The molecule has 0 radical (unpaired) electrons. The summed E-state index contributed by atoms with van der Waals surface area (Å²) in [6.45, 7) is 2.60. The number of rotatable bonds is 6. The van der Waals surface area contributed by atoms with Gasteiger partial charge in [0.05, 0.1) is 6.21 Å². The number of nitrogens with two attached hydrogens (primary N) is 1. The number of aromatic nitrogens is 1. The van der Waals surface area contributed by atoms with Crippen molar-refractivity contribution in [1.29, 1.82) is 0 Å². The minimum Gasteiger partial charge on any atom is -0.508 e. The van der Waals surface area contributed by atoms with Crippen LogP contribution < -0.4 is 11.2 Å². The SMILES string of the molecule is CCc1cc(O)cc2c(C=NNC(N)=NCCc3ccc(Cl)cc3)c[nH]c12. The Morgan fingerprint density at radius 2 is 2.07 bits per heavy atom. The summed E-state index contributed by atoms with van der Waals surface area (Å²) in [6, 6.07) is 11.1. The second kappa shape index (κ2) is 8.60. The first-order chi connectivity index (χ1) is 13.1. The van der Waals surface area contributed by atoms with Crippen LogP contribution in [-0.4, -0.2) is 28.8 Å². The van der Waals surface area contributed by atoms with E-state index in [1.165, 1.54) is 0 Å². The first-order valence-corrected chi connectivity index (χ1v) is 9.11. The first-order valence-electron chi connectivity index (χ1n) is 8.73. The smallest absolute Gasteiger partial charge is 0.209 e. The quantitative estimate of drug-likeness (QED) is 0.297. The highest BCUT2D eigenvalue weighted by molar-refractivity contribution is 6.30. The van der Waals surface area contributed by atoms with Gasteiger partial charge in [-0.25, -0.2) is 5.43 Å². The number of benzene rings is 2. The minimum atomic E-state index is 0.241. The lowest BCUT2D eigenvalue weighted by atomic mass is 10.1. The van der Waals surface area contributed by atoms with Crippen molar-refractivity contribution >= 4 is 34.7 Å². The molecule has 3 aromatic rings. The monoisotopic (exact) mass is 383 g/mol. The molecule has 140 valence electrons. The van der Waals surface area contributed by atoms with Crippen molar-refractivity contribution in [3.8, 4) is 5.75 Å². The number of nitrogens with one attached hydrogen (secondary N) is 2. The van der Waals surface area contributed by atoms with Gasteiger partial charge in [-0.3, -0.25) is 4.99 Å². The van der Waals surface area contributed by atoms with Gasteiger partial charge in [-0.05, 0) is 48.2 Å². The van der Waals surface area contributed by atoms with Crippen LogP contribution in [0.1, 0.15) is 23.6 Å². The number of hydrogen-bond donors (Lipinski definition) is 4. The minimum absolute atomic E-state index is 0.241. The summed E-state index contributed by atoms with van der Waals surface area (Å²) < 4.78 is 0. The van der Waals surface area contributed by atoms with E-state index in [-0.39, 0.29) is 11.7 Å². The number of aryl methyl sites for hydroxylation is 1. The molecule has 0 saturated heterocycles. The van der Waals surface area contributed by atoms with Gasteiger partial charge < -0.3 is 15.8 Å². The summed E-state index contributed by atoms with van der Waals surface area (Å²) in [6.07, 6.45) is 5.10. The van der Waals surface area contributed by atoms with Crippen LogP contribution in [0.2, 0.25) is 5.02 Å². The number of halogens is 1. The Morgan fingerprint density at radius 3 is 2.81 bits per heavy atom. The lowest BCUT2D eigenvalue weighted by Gasteiger charge is -2.02. The van der Waals surface area contributed by atoms with Crippen LogP contribution in [0.4, 0.5) is 0 Å². The van der Waals surface area contributed by atoms with Crippen LogP contribution in [0, 0.1) is 0 Å². The molecule has 1 aromatic heterocycles. The van der Waals surface area contributed by atoms with Crippen LogP contribution >= 0.6 is 11.6 Å². The van der Waals surface area contributed by atoms with Gasteiger partial charge in [0.15, 0.2) is 0 Å². The highest BCUT2D eigenvalue weighted by Gasteiger charge is 2.07. The molecule has 0 aliphatic heterocycles. The van der Waals surface area contributed by atoms with Crippen LogP contribution in [0.5, 0.6) is 5.75 Å². The van der Waals surface area contributed by atoms with E-state index in [1.54, 1.807) is 18.3 Å². The number of guanidine groups is 1. The van der Waals surface area contributed by atoms with Crippen LogP contribution in [0.25, 0.3) is 10.9 Å². The van der Waals surface area contributed by atoms with Crippen LogP contribution in [0.3, 0.4) is 0 Å². The highest BCUT2D eigenvalue weighted by Crippen LogP contribution is 2.26. The third kappa shape index (κ3) is 4.80. The number of aromatic hydroxyl groups is 1. The van der Waals surface area contributed by atoms with Gasteiger partial charge >= 0.3 is 0 Å². The Morgan fingerprint density at radius 1 is 1.30 bits per heavy atom. The zero-order valence-corrected chi connectivity index (χ0v) is 15.8. The van der Waals surface area contributed by atoms with Crippen molar-refractivity contribution < 1.29 is 5.11 Å². The van der Waals surface area contributed by atoms with Crippen LogP contribution in [-0.2, 0) is 12.8 Å². The Hall–Kier alpha value is -2.99. The Balaban J connectivity index is 1.60. The van der Waals surface area contributed by atoms with Crippen LogP contribution in [0.15, 0.2) is 52.7 Å². The molecule has 0 aliphatic carbocycles. The summed E-state index contributed by atoms with van der Waals surface area (Å²) in [4.78, 5) is 7.48. The Kier molecular flexibility index (Phi) is 5.98. The molecule has 5 N–H and O–H groups in total. The van der Waals surface area contributed by atoms with Crippen molar-refractivity contribution in [3.05, 3.63) is 64.3 Å². The maximum absolute atomic E-state index is 9.88. The van der Waals surface area contributed by atoms with E-state index in [0.29, 0.717) is 6.54 Å². The molecule has 0 unspecified atom stereocenters. The number of nitrogens with zero attached hydrogens (tertiary/aromatic N) is 2. The molecule has 27 heavy (non-hydrogen) atoms. The third-order valence-electron chi connectivity index (χ3n) is 4.25. The summed E-state index contributed by atoms with van der Waals surface area (Å²) in [5.41, 5.74) is 12.6. The Labute approximate surface area is 162 Å². The predicted molar refractivity (Wildman–Crippen MR) is 112 cm³/mol. The van der Waals surface area contributed by atoms with Gasteiger partial charge in [-0.1, -0.05) is 30.7 Å². The van der Waals surface area contributed by atoms with E-state index < -0.39 is 0 Å². The van der Waals surface area contributed by atoms with E-state index in [2.05, 4.69) is 20.5 Å². The fraction of sp³-hybridized carbons (Fsp3) is 0.200. The normalized spacial score (nSPS) is 12.1. The lowest BCUT2D eigenvalue weighted by molar-refractivity contribution is 0.475. The van der Waals surface area contributed by atoms with Gasteiger partial charge in [0.1, 0.15) is 5.75 Å². The molecule has 0 bridgehead atoms. The van der Waals surface area contributed by atoms with E-state index in [0.717, 1.165) is 45.5 Å². The molecule has 3 rings (SSSR count). The summed E-state index contributed by atoms with van der Waals surface area (Å²) in [7, 11) is 0. The molecule has 7 heteroatoms. The fourth-order valence-electron chi connectivity index (χ4n) is 2.86. The number of phenols is 1. The second-order valence-electron chi connectivity index (χ2n) is 6.14. The number of fused-ring (bicyclic) bond motifs is 1. The van der Waals surface area contributed by atoms with Crippen molar-refractivity contribution in [2.45, 2.75) is 19.8 Å². The molecule has 0 amide bonds. The zero-order chi connectivity index (χ0) is 19.2. The summed E-state index contributed by atoms with van der Waals surface area (Å²) in [5, 5.41) is 15.7. The van der Waals surface area contributed by atoms with Crippen molar-refractivity contribution in [1.82, 2.24) is 10.4 Å². The number of hydrazone groups is 1. The predicted octanol–water partition coefficient (Wildman–Crippen LogP) is 3.57. The third-order valence-corrected chi connectivity index (χ3v) is 4.50. The molecule has 2 aromatic carbocycles. The molecule has 6 nitrogen and oxygen atoms in total. The maximum atomic E-state index is 9.88. The molecular formula is C20H22ClN5O. The first kappa shape index (κ1) is 18.8. The molecule has 1 heterocycles. The molecule has 0 spiro atoms. The van der Waals surface area contributed by atoms with Gasteiger partial charge in [0.25, 0.3) is 0 Å². The molecule has 0 atom stereocenters. The summed E-state index contributed by atoms with van der Waals surface area (Å²) >= 11 is 5.87. The van der Waals surface area contributed by atoms with Crippen molar-refractivity contribution in [2.24, 2.45) is 15.8 Å².